The zero-order valence-electron chi connectivity index (χ0n) is 17.9. The van der Waals surface area contributed by atoms with Crippen LogP contribution in [-0.4, -0.2) is 35.6 Å². The van der Waals surface area contributed by atoms with Gasteiger partial charge in [-0.1, -0.05) is 42.5 Å². The first-order chi connectivity index (χ1) is 15.5. The summed E-state index contributed by atoms with van der Waals surface area (Å²) in [5, 5.41) is 0. The van der Waals surface area contributed by atoms with Crippen molar-refractivity contribution in [2.45, 2.75) is 26.1 Å². The minimum absolute atomic E-state index is 0.209. The van der Waals surface area contributed by atoms with Crippen molar-refractivity contribution >= 4 is 5.97 Å². The Morgan fingerprint density at radius 1 is 1.00 bits per heavy atom. The van der Waals surface area contributed by atoms with E-state index in [0.717, 1.165) is 11.1 Å². The quantitative estimate of drug-likeness (QED) is 0.555. The lowest BCUT2D eigenvalue weighted by atomic mass is 10.1. The molecule has 3 aromatic rings. The Labute approximate surface area is 185 Å². The van der Waals surface area contributed by atoms with E-state index < -0.39 is 5.97 Å². The summed E-state index contributed by atoms with van der Waals surface area (Å²) in [6.45, 7) is 2.59. The first-order valence-electron chi connectivity index (χ1n) is 10.5. The van der Waals surface area contributed by atoms with Crippen LogP contribution >= 0.6 is 0 Å². The average molecular weight is 436 g/mol. The number of aromatic nitrogens is 1. The monoisotopic (exact) mass is 436 g/mol. The van der Waals surface area contributed by atoms with Crippen LogP contribution in [0.3, 0.4) is 0 Å². The third kappa shape index (κ3) is 4.89. The van der Waals surface area contributed by atoms with Crippen molar-refractivity contribution < 1.29 is 18.7 Å². The summed E-state index contributed by atoms with van der Waals surface area (Å²) in [7, 11) is 1.32. The Kier molecular flexibility index (Phi) is 6.66. The highest BCUT2D eigenvalue weighted by Gasteiger charge is 2.26. The molecule has 0 spiro atoms. The van der Waals surface area contributed by atoms with Crippen molar-refractivity contribution in [3.05, 3.63) is 99.2 Å². The third-order valence-electron chi connectivity index (χ3n) is 5.63. The Morgan fingerprint density at radius 2 is 1.75 bits per heavy atom. The normalized spacial score (nSPS) is 13.8. The Morgan fingerprint density at radius 3 is 2.47 bits per heavy atom. The van der Waals surface area contributed by atoms with E-state index in [4.69, 9.17) is 9.47 Å². The molecule has 7 heteroatoms. The first-order valence-corrected chi connectivity index (χ1v) is 10.5. The van der Waals surface area contributed by atoms with Gasteiger partial charge in [0.1, 0.15) is 23.7 Å². The second-order valence-electron chi connectivity index (χ2n) is 7.74. The average Bonchev–Trinajstić information content (AvgIpc) is 3.02. The van der Waals surface area contributed by atoms with E-state index >= 15 is 0 Å². The van der Waals surface area contributed by atoms with Crippen molar-refractivity contribution in [3.8, 4) is 5.75 Å². The van der Waals surface area contributed by atoms with Gasteiger partial charge in [-0.3, -0.25) is 9.69 Å². The van der Waals surface area contributed by atoms with E-state index in [1.807, 2.05) is 30.3 Å². The number of esters is 1. The van der Waals surface area contributed by atoms with Gasteiger partial charge in [-0.25, -0.2) is 9.18 Å². The number of carbonyl (C=O) groups excluding carboxylic acids is 1. The van der Waals surface area contributed by atoms with Crippen LogP contribution in [-0.2, 0) is 30.9 Å². The highest BCUT2D eigenvalue weighted by Crippen LogP contribution is 2.25. The summed E-state index contributed by atoms with van der Waals surface area (Å²) >= 11 is 0. The number of ether oxygens (including phenoxy) is 2. The lowest BCUT2D eigenvalue weighted by molar-refractivity contribution is 0.0592. The van der Waals surface area contributed by atoms with Gasteiger partial charge in [0, 0.05) is 44.4 Å². The number of carbonyl (C=O) groups is 1. The van der Waals surface area contributed by atoms with Gasteiger partial charge in [0.15, 0.2) is 0 Å². The van der Waals surface area contributed by atoms with Crippen molar-refractivity contribution in [2.24, 2.45) is 0 Å². The molecule has 0 unspecified atom stereocenters. The number of fused-ring (bicyclic) bond motifs is 1. The molecule has 1 aliphatic heterocycles. The van der Waals surface area contributed by atoms with E-state index in [2.05, 4.69) is 4.90 Å². The predicted octanol–water partition coefficient (Wildman–Crippen LogP) is 3.41. The van der Waals surface area contributed by atoms with Gasteiger partial charge in [-0.05, 0) is 23.3 Å². The van der Waals surface area contributed by atoms with Crippen molar-refractivity contribution in [1.29, 1.82) is 0 Å². The maximum atomic E-state index is 13.2. The number of hydrogen-bond donors (Lipinski definition) is 0. The highest BCUT2D eigenvalue weighted by molar-refractivity contribution is 5.93. The van der Waals surface area contributed by atoms with Gasteiger partial charge in [0.05, 0.1) is 7.11 Å². The molecular weight excluding hydrogens is 411 g/mol. The molecule has 0 saturated carbocycles. The summed E-state index contributed by atoms with van der Waals surface area (Å²) in [5.41, 5.74) is 2.63. The van der Waals surface area contributed by atoms with Crippen molar-refractivity contribution in [2.75, 3.05) is 20.2 Å². The number of rotatable bonds is 6. The fourth-order valence-corrected chi connectivity index (χ4v) is 3.97. The molecule has 0 aliphatic carbocycles. The molecule has 2 aromatic carbocycles. The van der Waals surface area contributed by atoms with E-state index in [0.29, 0.717) is 43.9 Å². The van der Waals surface area contributed by atoms with Gasteiger partial charge < -0.3 is 14.0 Å². The lowest BCUT2D eigenvalue weighted by Gasteiger charge is -2.19. The molecule has 0 radical (unpaired) electrons. The molecule has 166 valence electrons. The molecule has 2 heterocycles. The molecule has 1 aromatic heterocycles. The fourth-order valence-electron chi connectivity index (χ4n) is 3.97. The molecule has 0 bridgehead atoms. The molecule has 0 amide bonds. The van der Waals surface area contributed by atoms with Gasteiger partial charge in [0.25, 0.3) is 5.56 Å². The summed E-state index contributed by atoms with van der Waals surface area (Å²) in [5.74, 6) is -0.554. The van der Waals surface area contributed by atoms with Gasteiger partial charge >= 0.3 is 5.97 Å². The fraction of sp³-hybridized carbons (Fsp3) is 0.280. The number of halogens is 1. The molecule has 6 nitrogen and oxygen atoms in total. The number of nitrogens with zero attached hydrogens (tertiary/aromatic N) is 2. The Hall–Kier alpha value is -3.45. The van der Waals surface area contributed by atoms with Crippen molar-refractivity contribution in [3.63, 3.8) is 0 Å². The van der Waals surface area contributed by atoms with Crippen molar-refractivity contribution in [1.82, 2.24) is 9.47 Å². The molecular formula is C25H25FN2O4. The summed E-state index contributed by atoms with van der Waals surface area (Å²) in [6.07, 6.45) is 0.489. The molecule has 0 fully saturated rings. The summed E-state index contributed by atoms with van der Waals surface area (Å²) < 4.78 is 25.8. The van der Waals surface area contributed by atoms with Crippen LogP contribution in [0, 0.1) is 5.82 Å². The van der Waals surface area contributed by atoms with Gasteiger partial charge in [0.2, 0.25) is 0 Å². The first kappa shape index (κ1) is 21.8. The number of hydrogen-bond acceptors (Lipinski definition) is 5. The van der Waals surface area contributed by atoms with Gasteiger partial charge in [-0.15, -0.1) is 0 Å². The third-order valence-corrected chi connectivity index (χ3v) is 5.63. The lowest BCUT2D eigenvalue weighted by Crippen LogP contribution is -2.29. The number of pyridine rings is 1. The minimum Gasteiger partial charge on any atom is -0.488 e. The van der Waals surface area contributed by atoms with Crippen LogP contribution in [0.5, 0.6) is 5.75 Å². The van der Waals surface area contributed by atoms with E-state index in [1.165, 1.54) is 25.3 Å². The zero-order valence-corrected chi connectivity index (χ0v) is 17.9. The molecule has 0 atom stereocenters. The number of benzene rings is 2. The maximum Gasteiger partial charge on any atom is 0.343 e. The Balaban J connectivity index is 1.60. The second kappa shape index (κ2) is 9.78. The maximum absolute atomic E-state index is 13.2. The highest BCUT2D eigenvalue weighted by atomic mass is 19.1. The Bertz CT molecular complexity index is 1140. The second-order valence-corrected chi connectivity index (χ2v) is 7.74. The molecule has 0 saturated heterocycles. The molecule has 1 aliphatic rings. The largest absolute Gasteiger partial charge is 0.488 e. The topological polar surface area (TPSA) is 60.8 Å². The predicted molar refractivity (Wildman–Crippen MR) is 118 cm³/mol. The van der Waals surface area contributed by atoms with Gasteiger partial charge in [-0.2, -0.15) is 0 Å². The molecule has 0 N–H and O–H groups in total. The zero-order chi connectivity index (χ0) is 22.5. The van der Waals surface area contributed by atoms with Crippen LogP contribution in [0.1, 0.15) is 27.2 Å². The van der Waals surface area contributed by atoms with Crippen LogP contribution in [0.4, 0.5) is 4.39 Å². The van der Waals surface area contributed by atoms with E-state index in [9.17, 15) is 14.0 Å². The smallest absolute Gasteiger partial charge is 0.343 e. The van der Waals surface area contributed by atoms with Crippen LogP contribution in [0.15, 0.2) is 65.5 Å². The van der Waals surface area contributed by atoms with Crippen LogP contribution < -0.4 is 10.3 Å². The SMILES string of the molecule is COC(=O)c1c(OCc2ccccc2)cc(=O)n2c1CCN(Cc1ccc(F)cc1)CC2. The summed E-state index contributed by atoms with van der Waals surface area (Å²) in [6, 6.07) is 17.3. The summed E-state index contributed by atoms with van der Waals surface area (Å²) in [4.78, 5) is 27.7. The standard InChI is InChI=1S/C25H25FN2O4/c1-31-25(30)24-21-11-12-27(16-18-7-9-20(26)10-8-18)13-14-28(21)23(29)15-22(24)32-17-19-5-3-2-4-6-19/h2-10,15H,11-14,16-17H2,1H3. The van der Waals surface area contributed by atoms with E-state index in [1.54, 1.807) is 16.7 Å². The molecule has 4 rings (SSSR count). The van der Waals surface area contributed by atoms with E-state index in [-0.39, 0.29) is 23.7 Å². The number of methoxy groups -OCH3 is 1. The minimum atomic E-state index is -0.524. The van der Waals surface area contributed by atoms with Crippen LogP contribution in [0.2, 0.25) is 0 Å². The van der Waals surface area contributed by atoms with Crippen LogP contribution in [0.25, 0.3) is 0 Å². The molecule has 32 heavy (non-hydrogen) atoms.